The molecule has 2 aromatic rings. The fraction of sp³-hybridized carbons (Fsp3) is 0.167. The van der Waals surface area contributed by atoms with E-state index < -0.39 is 11.8 Å². The number of unbranched alkanes of at least 4 members (excludes halogenated alkanes) is 1. The van der Waals surface area contributed by atoms with Gasteiger partial charge in [0.25, 0.3) is 11.8 Å². The standard InChI is InChI=1S/C24H20Cl2N4O2/c25-21-9-3-1-7-17(21)13-19(15-27)23(31)29-11-5-6-12-30-24(32)20(16-28)14-18-8-2-4-10-22(18)26/h1-4,7-10,13-14H,5-6,11-12H2,(H,29,31)(H,30,32)/b19-13+,20-14+. The second kappa shape index (κ2) is 13.0. The highest BCUT2D eigenvalue weighted by Gasteiger charge is 2.11. The van der Waals surface area contributed by atoms with Gasteiger partial charge in [-0.05, 0) is 48.3 Å². The lowest BCUT2D eigenvalue weighted by Crippen LogP contribution is -2.28. The molecule has 0 aliphatic carbocycles. The van der Waals surface area contributed by atoms with Gasteiger partial charge < -0.3 is 10.6 Å². The molecule has 32 heavy (non-hydrogen) atoms. The summed E-state index contributed by atoms with van der Waals surface area (Å²) in [7, 11) is 0. The van der Waals surface area contributed by atoms with Gasteiger partial charge in [0.1, 0.15) is 23.3 Å². The number of hydrogen-bond donors (Lipinski definition) is 2. The average Bonchev–Trinajstić information content (AvgIpc) is 2.79. The van der Waals surface area contributed by atoms with Gasteiger partial charge in [0.2, 0.25) is 0 Å². The van der Waals surface area contributed by atoms with Crippen LogP contribution < -0.4 is 10.6 Å². The predicted molar refractivity (Wildman–Crippen MR) is 125 cm³/mol. The van der Waals surface area contributed by atoms with Crippen LogP contribution in [-0.4, -0.2) is 24.9 Å². The lowest BCUT2D eigenvalue weighted by atomic mass is 10.1. The highest BCUT2D eigenvalue weighted by atomic mass is 35.5. The van der Waals surface area contributed by atoms with E-state index in [1.54, 1.807) is 48.5 Å². The molecule has 2 aromatic carbocycles. The Hall–Kier alpha value is -3.58. The number of nitriles is 2. The van der Waals surface area contributed by atoms with Gasteiger partial charge in [0.15, 0.2) is 0 Å². The summed E-state index contributed by atoms with van der Waals surface area (Å²) in [5, 5.41) is 24.7. The van der Waals surface area contributed by atoms with Crippen LogP contribution in [0.1, 0.15) is 24.0 Å². The van der Waals surface area contributed by atoms with Crippen LogP contribution in [0.15, 0.2) is 59.7 Å². The number of carbonyl (C=O) groups is 2. The van der Waals surface area contributed by atoms with Gasteiger partial charge in [-0.15, -0.1) is 0 Å². The van der Waals surface area contributed by atoms with Crippen LogP contribution in [0.4, 0.5) is 0 Å². The summed E-state index contributed by atoms with van der Waals surface area (Å²) in [6.45, 7) is 0.660. The monoisotopic (exact) mass is 466 g/mol. The summed E-state index contributed by atoms with van der Waals surface area (Å²) in [4.78, 5) is 24.4. The summed E-state index contributed by atoms with van der Waals surface area (Å²) in [6, 6.07) is 17.6. The van der Waals surface area contributed by atoms with Crippen LogP contribution in [0.5, 0.6) is 0 Å². The highest BCUT2D eigenvalue weighted by molar-refractivity contribution is 6.32. The molecule has 0 fully saturated rings. The van der Waals surface area contributed by atoms with Crippen molar-refractivity contribution in [1.82, 2.24) is 10.6 Å². The predicted octanol–water partition coefficient (Wildman–Crippen LogP) is 4.52. The lowest BCUT2D eigenvalue weighted by molar-refractivity contribution is -0.118. The molecule has 8 heteroatoms. The van der Waals surface area contributed by atoms with Crippen LogP contribution in [0.2, 0.25) is 10.0 Å². The second-order valence-corrected chi connectivity index (χ2v) is 7.42. The Bertz CT molecular complexity index is 1040. The summed E-state index contributed by atoms with van der Waals surface area (Å²) < 4.78 is 0. The molecule has 0 spiro atoms. The van der Waals surface area contributed by atoms with Crippen molar-refractivity contribution in [1.29, 1.82) is 10.5 Å². The van der Waals surface area contributed by atoms with Crippen molar-refractivity contribution < 1.29 is 9.59 Å². The molecule has 0 radical (unpaired) electrons. The first-order valence-electron chi connectivity index (χ1n) is 9.75. The molecular formula is C24H20Cl2N4O2. The largest absolute Gasteiger partial charge is 0.351 e. The van der Waals surface area contributed by atoms with Crippen molar-refractivity contribution >= 4 is 47.2 Å². The Morgan fingerprint density at radius 2 is 1.12 bits per heavy atom. The highest BCUT2D eigenvalue weighted by Crippen LogP contribution is 2.19. The van der Waals surface area contributed by atoms with E-state index >= 15 is 0 Å². The molecule has 2 amide bonds. The van der Waals surface area contributed by atoms with Crippen LogP contribution in [0.3, 0.4) is 0 Å². The van der Waals surface area contributed by atoms with E-state index in [0.29, 0.717) is 47.1 Å². The fourth-order valence-corrected chi connectivity index (χ4v) is 3.02. The Morgan fingerprint density at radius 3 is 1.47 bits per heavy atom. The van der Waals surface area contributed by atoms with Gasteiger partial charge in [0, 0.05) is 23.1 Å². The Morgan fingerprint density at radius 1 is 0.750 bits per heavy atom. The van der Waals surface area contributed by atoms with Crippen LogP contribution in [0, 0.1) is 22.7 Å². The minimum absolute atomic E-state index is 0.0465. The maximum absolute atomic E-state index is 12.2. The summed E-state index contributed by atoms with van der Waals surface area (Å²) in [5.74, 6) is -0.989. The van der Waals surface area contributed by atoms with E-state index in [4.69, 9.17) is 23.2 Å². The van der Waals surface area contributed by atoms with E-state index in [1.165, 1.54) is 12.2 Å². The van der Waals surface area contributed by atoms with Crippen LogP contribution in [0.25, 0.3) is 12.2 Å². The minimum atomic E-state index is -0.495. The SMILES string of the molecule is N#C/C(=C\c1ccccc1Cl)C(=O)NCCCCNC(=O)/C(C#N)=C/c1ccccc1Cl. The van der Waals surface area contributed by atoms with E-state index in [9.17, 15) is 20.1 Å². The summed E-state index contributed by atoms with van der Waals surface area (Å²) >= 11 is 12.1. The van der Waals surface area contributed by atoms with E-state index in [-0.39, 0.29) is 11.1 Å². The molecule has 0 saturated heterocycles. The Kier molecular flexibility index (Phi) is 10.0. The average molecular weight is 467 g/mol. The van der Waals surface area contributed by atoms with E-state index in [1.807, 2.05) is 12.1 Å². The number of nitrogens with zero attached hydrogens (tertiary/aromatic N) is 2. The van der Waals surface area contributed by atoms with Gasteiger partial charge in [-0.3, -0.25) is 9.59 Å². The Labute approximate surface area is 196 Å². The molecule has 0 aliphatic heterocycles. The molecule has 0 heterocycles. The van der Waals surface area contributed by atoms with E-state index in [2.05, 4.69) is 10.6 Å². The molecule has 162 valence electrons. The third-order valence-electron chi connectivity index (χ3n) is 4.31. The molecule has 2 N–H and O–H groups in total. The normalized spacial score (nSPS) is 11.2. The van der Waals surface area contributed by atoms with Gasteiger partial charge in [0.05, 0.1) is 0 Å². The smallest absolute Gasteiger partial charge is 0.261 e. The molecule has 2 rings (SSSR count). The van der Waals surface area contributed by atoms with Gasteiger partial charge in [-0.1, -0.05) is 59.6 Å². The number of carbonyl (C=O) groups excluding carboxylic acids is 2. The summed E-state index contributed by atoms with van der Waals surface area (Å²) in [5.41, 5.74) is 1.08. The quantitative estimate of drug-likeness (QED) is 0.321. The molecule has 0 saturated carbocycles. The fourth-order valence-electron chi connectivity index (χ4n) is 2.64. The van der Waals surface area contributed by atoms with Gasteiger partial charge in [-0.25, -0.2) is 0 Å². The molecule has 0 unspecified atom stereocenters. The number of hydrogen-bond acceptors (Lipinski definition) is 4. The number of halogens is 2. The number of amides is 2. The van der Waals surface area contributed by atoms with Gasteiger partial charge in [-0.2, -0.15) is 10.5 Å². The van der Waals surface area contributed by atoms with Crippen molar-refractivity contribution in [2.45, 2.75) is 12.8 Å². The zero-order valence-corrected chi connectivity index (χ0v) is 18.6. The third-order valence-corrected chi connectivity index (χ3v) is 5.00. The maximum atomic E-state index is 12.2. The van der Waals surface area contributed by atoms with Crippen molar-refractivity contribution in [3.05, 3.63) is 80.8 Å². The Balaban J connectivity index is 1.78. The summed E-state index contributed by atoms with van der Waals surface area (Å²) in [6.07, 6.45) is 4.03. The number of benzene rings is 2. The first-order valence-corrected chi connectivity index (χ1v) is 10.5. The molecule has 0 bridgehead atoms. The number of rotatable bonds is 9. The zero-order valence-electron chi connectivity index (χ0n) is 17.1. The van der Waals surface area contributed by atoms with Crippen molar-refractivity contribution in [2.75, 3.05) is 13.1 Å². The van der Waals surface area contributed by atoms with Crippen LogP contribution in [-0.2, 0) is 9.59 Å². The van der Waals surface area contributed by atoms with Crippen molar-refractivity contribution in [3.63, 3.8) is 0 Å². The second-order valence-electron chi connectivity index (χ2n) is 6.60. The van der Waals surface area contributed by atoms with E-state index in [0.717, 1.165) is 0 Å². The third kappa shape index (κ3) is 7.59. The molecule has 0 atom stereocenters. The topological polar surface area (TPSA) is 106 Å². The van der Waals surface area contributed by atoms with Gasteiger partial charge >= 0.3 is 0 Å². The molecule has 0 aromatic heterocycles. The zero-order chi connectivity index (χ0) is 23.3. The number of nitrogens with one attached hydrogen (secondary N) is 2. The van der Waals surface area contributed by atoms with Crippen molar-refractivity contribution in [2.24, 2.45) is 0 Å². The molecule has 0 aliphatic rings. The first kappa shape index (κ1) is 24.7. The lowest BCUT2D eigenvalue weighted by Gasteiger charge is -2.06. The van der Waals surface area contributed by atoms with Crippen LogP contribution >= 0.6 is 23.2 Å². The molecule has 6 nitrogen and oxygen atoms in total. The molecular weight excluding hydrogens is 447 g/mol. The first-order chi connectivity index (χ1) is 15.5. The maximum Gasteiger partial charge on any atom is 0.261 e. The minimum Gasteiger partial charge on any atom is -0.351 e. The van der Waals surface area contributed by atoms with Crippen molar-refractivity contribution in [3.8, 4) is 12.1 Å².